The maximum absolute atomic E-state index is 5.94. The lowest BCUT2D eigenvalue weighted by Gasteiger charge is -2.16. The first-order chi connectivity index (χ1) is 8.67. The summed E-state index contributed by atoms with van der Waals surface area (Å²) in [6.07, 6.45) is 0.756. The zero-order chi connectivity index (χ0) is 13.4. The highest BCUT2D eigenvalue weighted by Gasteiger charge is 2.08. The Morgan fingerprint density at radius 2 is 1.94 bits per heavy atom. The lowest BCUT2D eigenvalue weighted by Crippen LogP contribution is -2.18. The van der Waals surface area contributed by atoms with Crippen molar-refractivity contribution in [2.24, 2.45) is 0 Å². The number of ether oxygens (including phenoxy) is 2. The van der Waals surface area contributed by atoms with E-state index in [0.29, 0.717) is 13.2 Å². The Labute approximate surface area is 122 Å². The predicted octanol–water partition coefficient (Wildman–Crippen LogP) is 3.91. The van der Waals surface area contributed by atoms with Gasteiger partial charge in [0.05, 0.1) is 0 Å². The molecule has 0 unspecified atom stereocenters. The van der Waals surface area contributed by atoms with Crippen molar-refractivity contribution in [1.29, 1.82) is 0 Å². The number of thioether (sulfide) groups is 1. The molecule has 1 rings (SSSR count). The number of hydrogen-bond acceptors (Lipinski definition) is 4. The predicted molar refractivity (Wildman–Crippen MR) is 80.9 cm³/mol. The smallest absolute Gasteiger partial charge is 0.158 e. The summed E-state index contributed by atoms with van der Waals surface area (Å²) in [7, 11) is 0. The van der Waals surface area contributed by atoms with Crippen molar-refractivity contribution in [1.82, 2.24) is 0 Å². The molecule has 1 aromatic carbocycles. The van der Waals surface area contributed by atoms with Crippen LogP contribution in [0.25, 0.3) is 0 Å². The van der Waals surface area contributed by atoms with E-state index in [4.69, 9.17) is 15.2 Å². The van der Waals surface area contributed by atoms with Crippen LogP contribution in [0.4, 0.5) is 5.69 Å². The second-order valence-corrected chi connectivity index (χ2v) is 5.71. The molecule has 0 aliphatic rings. The molecule has 0 aliphatic heterocycles. The molecule has 0 fully saturated rings. The summed E-state index contributed by atoms with van der Waals surface area (Å²) < 4.78 is 12.0. The van der Waals surface area contributed by atoms with Crippen LogP contribution in [0.5, 0.6) is 0 Å². The number of rotatable bonds is 8. The summed E-state index contributed by atoms with van der Waals surface area (Å²) in [6.45, 7) is 5.31. The highest BCUT2D eigenvalue weighted by Crippen LogP contribution is 2.28. The molecule has 0 amide bonds. The fourth-order valence-electron chi connectivity index (χ4n) is 1.50. The Kier molecular flexibility index (Phi) is 7.74. The van der Waals surface area contributed by atoms with Crippen LogP contribution in [-0.4, -0.2) is 25.3 Å². The summed E-state index contributed by atoms with van der Waals surface area (Å²) in [6, 6.07) is 5.95. The van der Waals surface area contributed by atoms with Gasteiger partial charge < -0.3 is 15.2 Å². The maximum Gasteiger partial charge on any atom is 0.158 e. The first kappa shape index (κ1) is 15.8. The molecule has 0 bridgehead atoms. The van der Waals surface area contributed by atoms with Crippen LogP contribution in [0.15, 0.2) is 27.6 Å². The summed E-state index contributed by atoms with van der Waals surface area (Å²) in [5.41, 5.74) is 6.75. The summed E-state index contributed by atoms with van der Waals surface area (Å²) >= 11 is 5.13. The van der Waals surface area contributed by atoms with E-state index in [9.17, 15) is 0 Å². The van der Waals surface area contributed by atoms with Gasteiger partial charge >= 0.3 is 0 Å². The Morgan fingerprint density at radius 1 is 1.28 bits per heavy atom. The summed E-state index contributed by atoms with van der Waals surface area (Å²) in [4.78, 5) is 1.10. The minimum Gasteiger partial charge on any atom is -0.398 e. The number of benzene rings is 1. The van der Waals surface area contributed by atoms with Crippen molar-refractivity contribution in [2.45, 2.75) is 31.5 Å². The molecule has 0 heterocycles. The largest absolute Gasteiger partial charge is 0.398 e. The van der Waals surface area contributed by atoms with Crippen molar-refractivity contribution in [3.8, 4) is 0 Å². The number of hydrogen-bond donors (Lipinski definition) is 1. The van der Waals surface area contributed by atoms with Gasteiger partial charge in [0.1, 0.15) is 0 Å². The molecule has 0 aromatic heterocycles. The zero-order valence-corrected chi connectivity index (χ0v) is 13.2. The zero-order valence-electron chi connectivity index (χ0n) is 10.8. The lowest BCUT2D eigenvalue weighted by atomic mass is 10.3. The first-order valence-electron chi connectivity index (χ1n) is 6.08. The molecule has 0 saturated carbocycles. The van der Waals surface area contributed by atoms with Crippen LogP contribution in [0.1, 0.15) is 20.3 Å². The third-order valence-electron chi connectivity index (χ3n) is 2.29. The second-order valence-electron chi connectivity index (χ2n) is 3.66. The Morgan fingerprint density at radius 3 is 2.50 bits per heavy atom. The van der Waals surface area contributed by atoms with Crippen molar-refractivity contribution in [3.05, 3.63) is 22.7 Å². The van der Waals surface area contributed by atoms with Crippen LogP contribution in [0.2, 0.25) is 0 Å². The summed E-state index contributed by atoms with van der Waals surface area (Å²) in [5, 5.41) is 0. The van der Waals surface area contributed by atoms with Crippen LogP contribution >= 0.6 is 27.7 Å². The molecule has 5 heteroatoms. The Balaban J connectivity index is 2.39. The summed E-state index contributed by atoms with van der Waals surface area (Å²) in [5.74, 6) is 0.927. The quantitative estimate of drug-likeness (QED) is 0.445. The SMILES string of the molecule is CCOC(CCSc1ccc(Br)cc1N)OCC. The standard InChI is InChI=1S/C13H20BrNO2S/c1-3-16-13(17-4-2)7-8-18-12-6-5-10(14)9-11(12)15/h5-6,9,13H,3-4,7-8,15H2,1-2H3. The minimum atomic E-state index is -0.107. The Bertz CT molecular complexity index is 357. The van der Waals surface area contributed by atoms with E-state index in [2.05, 4.69) is 15.9 Å². The van der Waals surface area contributed by atoms with Crippen LogP contribution < -0.4 is 5.73 Å². The minimum absolute atomic E-state index is 0.107. The van der Waals surface area contributed by atoms with E-state index in [1.807, 2.05) is 32.0 Å². The van der Waals surface area contributed by atoms with Crippen LogP contribution in [-0.2, 0) is 9.47 Å². The third kappa shape index (κ3) is 5.61. The average Bonchev–Trinajstić information content (AvgIpc) is 2.32. The van der Waals surface area contributed by atoms with E-state index in [1.165, 1.54) is 0 Å². The fourth-order valence-corrected chi connectivity index (χ4v) is 2.80. The molecular weight excluding hydrogens is 314 g/mol. The van der Waals surface area contributed by atoms with E-state index in [-0.39, 0.29) is 6.29 Å². The molecule has 102 valence electrons. The average molecular weight is 334 g/mol. The van der Waals surface area contributed by atoms with Gasteiger partial charge in [-0.05, 0) is 32.0 Å². The van der Waals surface area contributed by atoms with Gasteiger partial charge in [0.2, 0.25) is 0 Å². The van der Waals surface area contributed by atoms with Crippen molar-refractivity contribution >= 4 is 33.4 Å². The van der Waals surface area contributed by atoms with E-state index < -0.39 is 0 Å². The molecule has 0 saturated heterocycles. The molecule has 2 N–H and O–H groups in total. The van der Waals surface area contributed by atoms with Crippen molar-refractivity contribution < 1.29 is 9.47 Å². The normalized spacial score (nSPS) is 11.1. The van der Waals surface area contributed by atoms with E-state index in [1.54, 1.807) is 11.8 Å². The fraction of sp³-hybridized carbons (Fsp3) is 0.538. The monoisotopic (exact) mass is 333 g/mol. The molecule has 0 aliphatic carbocycles. The molecular formula is C13H20BrNO2S. The molecule has 1 aromatic rings. The van der Waals surface area contributed by atoms with Gasteiger partial charge in [-0.2, -0.15) is 0 Å². The Hall–Kier alpha value is -0.230. The van der Waals surface area contributed by atoms with E-state index >= 15 is 0 Å². The molecule has 0 spiro atoms. The van der Waals surface area contributed by atoms with Gasteiger partial charge in [0.25, 0.3) is 0 Å². The van der Waals surface area contributed by atoms with Crippen LogP contribution in [0.3, 0.4) is 0 Å². The van der Waals surface area contributed by atoms with Gasteiger partial charge in [-0.3, -0.25) is 0 Å². The van der Waals surface area contributed by atoms with Gasteiger partial charge in [0.15, 0.2) is 6.29 Å². The number of anilines is 1. The highest BCUT2D eigenvalue weighted by atomic mass is 79.9. The number of nitrogens with two attached hydrogens (primary N) is 1. The van der Waals surface area contributed by atoms with Gasteiger partial charge in [-0.1, -0.05) is 15.9 Å². The van der Waals surface area contributed by atoms with Gasteiger partial charge in [0, 0.05) is 40.4 Å². The van der Waals surface area contributed by atoms with Crippen molar-refractivity contribution in [3.63, 3.8) is 0 Å². The highest BCUT2D eigenvalue weighted by molar-refractivity contribution is 9.10. The maximum atomic E-state index is 5.94. The topological polar surface area (TPSA) is 44.5 Å². The first-order valence-corrected chi connectivity index (χ1v) is 7.86. The van der Waals surface area contributed by atoms with E-state index in [0.717, 1.165) is 27.2 Å². The molecule has 18 heavy (non-hydrogen) atoms. The molecule has 0 atom stereocenters. The second kappa shape index (κ2) is 8.80. The molecule has 0 radical (unpaired) electrons. The molecule has 3 nitrogen and oxygen atoms in total. The third-order valence-corrected chi connectivity index (χ3v) is 3.90. The van der Waals surface area contributed by atoms with Crippen LogP contribution in [0, 0.1) is 0 Å². The van der Waals surface area contributed by atoms with Crippen molar-refractivity contribution in [2.75, 3.05) is 24.7 Å². The van der Waals surface area contributed by atoms with Gasteiger partial charge in [-0.25, -0.2) is 0 Å². The lowest BCUT2D eigenvalue weighted by molar-refractivity contribution is -0.136. The van der Waals surface area contributed by atoms with Gasteiger partial charge in [-0.15, -0.1) is 11.8 Å². The number of halogens is 1. The number of nitrogen functional groups attached to an aromatic ring is 1.